The summed E-state index contributed by atoms with van der Waals surface area (Å²) in [5.74, 6) is 0. The Labute approximate surface area is 92.5 Å². The van der Waals surface area contributed by atoms with Crippen LogP contribution in [0.15, 0.2) is 12.1 Å². The molecule has 82 valence electrons. The number of aldehydes is 1. The number of benzene rings is 1. The van der Waals surface area contributed by atoms with Gasteiger partial charge < -0.3 is 0 Å². The van der Waals surface area contributed by atoms with E-state index in [0.717, 1.165) is 23.8 Å². The van der Waals surface area contributed by atoms with E-state index in [2.05, 4.69) is 19.9 Å². The fourth-order valence-electron chi connectivity index (χ4n) is 1.86. The SMILES string of the molecule is CCCCCc1cc(C)c(C=O)cc1C. The molecule has 0 atom stereocenters. The van der Waals surface area contributed by atoms with Crippen molar-refractivity contribution in [1.29, 1.82) is 0 Å². The first kappa shape index (κ1) is 12.0. The summed E-state index contributed by atoms with van der Waals surface area (Å²) >= 11 is 0. The second kappa shape index (κ2) is 5.69. The molecule has 0 spiro atoms. The van der Waals surface area contributed by atoms with Crippen molar-refractivity contribution in [1.82, 2.24) is 0 Å². The lowest BCUT2D eigenvalue weighted by molar-refractivity contribution is 0.112. The van der Waals surface area contributed by atoms with Crippen molar-refractivity contribution < 1.29 is 4.79 Å². The van der Waals surface area contributed by atoms with Gasteiger partial charge in [-0.2, -0.15) is 0 Å². The Morgan fingerprint density at radius 3 is 2.47 bits per heavy atom. The van der Waals surface area contributed by atoms with Gasteiger partial charge in [0.15, 0.2) is 0 Å². The first-order chi connectivity index (χ1) is 7.19. The summed E-state index contributed by atoms with van der Waals surface area (Å²) in [6, 6.07) is 4.17. The molecule has 0 saturated carbocycles. The minimum atomic E-state index is 0.826. The van der Waals surface area contributed by atoms with Gasteiger partial charge in [-0.1, -0.05) is 25.8 Å². The summed E-state index contributed by atoms with van der Waals surface area (Å²) in [7, 11) is 0. The van der Waals surface area contributed by atoms with Crippen molar-refractivity contribution in [2.24, 2.45) is 0 Å². The number of hydrogen-bond acceptors (Lipinski definition) is 1. The molecule has 0 aliphatic heterocycles. The van der Waals surface area contributed by atoms with Gasteiger partial charge in [0, 0.05) is 5.56 Å². The molecule has 0 aliphatic rings. The average Bonchev–Trinajstić information content (AvgIpc) is 2.23. The molecule has 1 aromatic rings. The maximum absolute atomic E-state index is 10.8. The smallest absolute Gasteiger partial charge is 0.150 e. The maximum Gasteiger partial charge on any atom is 0.150 e. The second-order valence-electron chi connectivity index (χ2n) is 4.21. The van der Waals surface area contributed by atoms with Gasteiger partial charge in [-0.25, -0.2) is 0 Å². The van der Waals surface area contributed by atoms with Gasteiger partial charge in [0.2, 0.25) is 0 Å². The van der Waals surface area contributed by atoms with Crippen molar-refractivity contribution in [3.05, 3.63) is 34.4 Å². The van der Waals surface area contributed by atoms with Crippen LogP contribution in [0.1, 0.15) is 53.2 Å². The number of aryl methyl sites for hydroxylation is 3. The number of unbranched alkanes of at least 4 members (excludes halogenated alkanes) is 2. The van der Waals surface area contributed by atoms with Gasteiger partial charge >= 0.3 is 0 Å². The van der Waals surface area contributed by atoms with E-state index in [1.54, 1.807) is 0 Å². The second-order valence-corrected chi connectivity index (χ2v) is 4.21. The zero-order valence-corrected chi connectivity index (χ0v) is 9.97. The summed E-state index contributed by atoms with van der Waals surface area (Å²) in [5, 5.41) is 0. The zero-order chi connectivity index (χ0) is 11.3. The molecule has 0 fully saturated rings. The van der Waals surface area contributed by atoms with E-state index in [9.17, 15) is 4.79 Å². The summed E-state index contributed by atoms with van der Waals surface area (Å²) in [4.78, 5) is 10.8. The Morgan fingerprint density at radius 1 is 1.13 bits per heavy atom. The molecule has 0 unspecified atom stereocenters. The van der Waals surface area contributed by atoms with Crippen molar-refractivity contribution in [2.75, 3.05) is 0 Å². The first-order valence-corrected chi connectivity index (χ1v) is 5.74. The zero-order valence-electron chi connectivity index (χ0n) is 9.97. The molecule has 0 saturated heterocycles. The van der Waals surface area contributed by atoms with Gasteiger partial charge in [0.25, 0.3) is 0 Å². The Hall–Kier alpha value is -1.11. The third-order valence-electron chi connectivity index (χ3n) is 2.90. The molecule has 1 rings (SSSR count). The third-order valence-corrected chi connectivity index (χ3v) is 2.90. The lowest BCUT2D eigenvalue weighted by Gasteiger charge is -2.08. The normalized spacial score (nSPS) is 10.3. The highest BCUT2D eigenvalue weighted by Crippen LogP contribution is 2.17. The fraction of sp³-hybridized carbons (Fsp3) is 0.500. The molecule has 0 amide bonds. The van der Waals surface area contributed by atoms with Crippen LogP contribution < -0.4 is 0 Å². The van der Waals surface area contributed by atoms with Gasteiger partial charge in [0.05, 0.1) is 0 Å². The van der Waals surface area contributed by atoms with E-state index in [-0.39, 0.29) is 0 Å². The molecule has 0 N–H and O–H groups in total. The molecular weight excluding hydrogens is 184 g/mol. The summed E-state index contributed by atoms with van der Waals surface area (Å²) in [6.45, 7) is 6.31. The largest absolute Gasteiger partial charge is 0.298 e. The van der Waals surface area contributed by atoms with Gasteiger partial charge in [-0.3, -0.25) is 4.79 Å². The number of carbonyl (C=O) groups excluding carboxylic acids is 1. The molecule has 15 heavy (non-hydrogen) atoms. The van der Waals surface area contributed by atoms with Gasteiger partial charge in [0.1, 0.15) is 6.29 Å². The van der Waals surface area contributed by atoms with Gasteiger partial charge in [-0.15, -0.1) is 0 Å². The van der Waals surface area contributed by atoms with E-state index in [1.807, 2.05) is 13.0 Å². The minimum absolute atomic E-state index is 0.826. The lowest BCUT2D eigenvalue weighted by Crippen LogP contribution is -1.95. The lowest BCUT2D eigenvalue weighted by atomic mass is 9.97. The maximum atomic E-state index is 10.8. The summed E-state index contributed by atoms with van der Waals surface area (Å²) < 4.78 is 0. The summed E-state index contributed by atoms with van der Waals surface area (Å²) in [6.07, 6.45) is 5.87. The molecule has 1 aromatic carbocycles. The van der Waals surface area contributed by atoms with Crippen molar-refractivity contribution in [3.63, 3.8) is 0 Å². The summed E-state index contributed by atoms with van der Waals surface area (Å²) in [5.41, 5.74) is 4.57. The molecular formula is C14H20O. The predicted octanol–water partition coefficient (Wildman–Crippen LogP) is 3.85. The number of hydrogen-bond donors (Lipinski definition) is 0. The van der Waals surface area contributed by atoms with E-state index in [0.29, 0.717) is 0 Å². The highest BCUT2D eigenvalue weighted by molar-refractivity contribution is 5.77. The highest BCUT2D eigenvalue weighted by atomic mass is 16.1. The van der Waals surface area contributed by atoms with E-state index >= 15 is 0 Å². The number of rotatable bonds is 5. The standard InChI is InChI=1S/C14H20O/c1-4-5-6-7-13-8-12(3)14(10-15)9-11(13)2/h8-10H,4-7H2,1-3H3. The minimum Gasteiger partial charge on any atom is -0.298 e. The fourth-order valence-corrected chi connectivity index (χ4v) is 1.86. The van der Waals surface area contributed by atoms with Crippen LogP contribution in [0.5, 0.6) is 0 Å². The van der Waals surface area contributed by atoms with E-state index in [1.165, 1.54) is 30.4 Å². The van der Waals surface area contributed by atoms with Gasteiger partial charge in [-0.05, 0) is 49.4 Å². The van der Waals surface area contributed by atoms with Crippen molar-refractivity contribution >= 4 is 6.29 Å². The molecule has 1 heteroatoms. The van der Waals surface area contributed by atoms with Crippen LogP contribution in [0.2, 0.25) is 0 Å². The van der Waals surface area contributed by atoms with Crippen molar-refractivity contribution in [2.45, 2.75) is 46.5 Å². The van der Waals surface area contributed by atoms with Crippen LogP contribution in [0.25, 0.3) is 0 Å². The first-order valence-electron chi connectivity index (χ1n) is 5.74. The molecule has 0 radical (unpaired) electrons. The average molecular weight is 204 g/mol. The van der Waals surface area contributed by atoms with Crippen LogP contribution in [-0.4, -0.2) is 6.29 Å². The van der Waals surface area contributed by atoms with Crippen LogP contribution >= 0.6 is 0 Å². The molecule has 1 nitrogen and oxygen atoms in total. The molecule has 0 heterocycles. The number of carbonyl (C=O) groups is 1. The Morgan fingerprint density at radius 2 is 1.87 bits per heavy atom. The van der Waals surface area contributed by atoms with Crippen LogP contribution in [0, 0.1) is 13.8 Å². The highest BCUT2D eigenvalue weighted by Gasteiger charge is 2.03. The van der Waals surface area contributed by atoms with E-state index < -0.39 is 0 Å². The van der Waals surface area contributed by atoms with Crippen LogP contribution in [0.3, 0.4) is 0 Å². The monoisotopic (exact) mass is 204 g/mol. The van der Waals surface area contributed by atoms with Crippen molar-refractivity contribution in [3.8, 4) is 0 Å². The molecule has 0 bridgehead atoms. The Bertz CT molecular complexity index is 339. The Kier molecular flexibility index (Phi) is 4.54. The molecule has 0 aromatic heterocycles. The van der Waals surface area contributed by atoms with E-state index in [4.69, 9.17) is 0 Å². The topological polar surface area (TPSA) is 17.1 Å². The third kappa shape index (κ3) is 3.19. The van der Waals surface area contributed by atoms with Crippen LogP contribution in [-0.2, 0) is 6.42 Å². The van der Waals surface area contributed by atoms with Crippen LogP contribution in [0.4, 0.5) is 0 Å². The predicted molar refractivity (Wildman–Crippen MR) is 64.5 cm³/mol. The Balaban J connectivity index is 2.80. The molecule has 0 aliphatic carbocycles. The quantitative estimate of drug-likeness (QED) is 0.526.